The number of rotatable bonds is 6. The quantitative estimate of drug-likeness (QED) is 0.810. The topological polar surface area (TPSA) is 55.4 Å². The van der Waals surface area contributed by atoms with Crippen molar-refractivity contribution < 1.29 is 26.3 Å². The molecule has 0 fully saturated rings. The summed E-state index contributed by atoms with van der Waals surface area (Å²) in [7, 11) is -2.63. The molecule has 0 aliphatic heterocycles. The van der Waals surface area contributed by atoms with Crippen molar-refractivity contribution in [2.45, 2.75) is 17.5 Å². The van der Waals surface area contributed by atoms with Crippen LogP contribution >= 0.6 is 11.6 Å². The molecule has 136 valence electrons. The van der Waals surface area contributed by atoms with Crippen LogP contribution in [0.15, 0.2) is 47.4 Å². The lowest BCUT2D eigenvalue weighted by Gasteiger charge is -2.12. The molecule has 0 spiro atoms. The molecule has 9 heteroatoms. The molecule has 0 aromatic heterocycles. The monoisotopic (exact) mass is 393 g/mol. The molecule has 25 heavy (non-hydrogen) atoms. The Labute approximate surface area is 148 Å². The summed E-state index contributed by atoms with van der Waals surface area (Å²) in [5.74, 6) is 0.667. The van der Waals surface area contributed by atoms with Gasteiger partial charge in [-0.25, -0.2) is 13.1 Å². The van der Waals surface area contributed by atoms with Crippen LogP contribution in [0, 0.1) is 0 Å². The molecule has 0 heterocycles. The lowest BCUT2D eigenvalue weighted by atomic mass is 10.1. The molecular formula is C16H15ClF3NO3S. The number of sulfonamides is 1. The van der Waals surface area contributed by atoms with E-state index >= 15 is 0 Å². The second-order valence-corrected chi connectivity index (χ2v) is 7.28. The van der Waals surface area contributed by atoms with Gasteiger partial charge in [0.2, 0.25) is 10.0 Å². The van der Waals surface area contributed by atoms with E-state index in [2.05, 4.69) is 4.72 Å². The van der Waals surface area contributed by atoms with Crippen LogP contribution in [0.1, 0.15) is 11.1 Å². The Hall–Kier alpha value is -1.77. The summed E-state index contributed by atoms with van der Waals surface area (Å²) in [6.45, 7) is 0.0151. The van der Waals surface area contributed by atoms with Crippen molar-refractivity contribution in [3.8, 4) is 5.75 Å². The molecule has 2 aromatic carbocycles. The maximum absolute atomic E-state index is 12.8. The van der Waals surface area contributed by atoms with E-state index in [4.69, 9.17) is 16.3 Å². The molecule has 0 amide bonds. The van der Waals surface area contributed by atoms with Crippen molar-refractivity contribution in [1.29, 1.82) is 0 Å². The van der Waals surface area contributed by atoms with E-state index in [0.29, 0.717) is 18.2 Å². The Kier molecular flexibility index (Phi) is 5.97. The van der Waals surface area contributed by atoms with Crippen molar-refractivity contribution in [2.75, 3.05) is 13.7 Å². The molecule has 0 radical (unpaired) electrons. The highest BCUT2D eigenvalue weighted by Gasteiger charge is 2.32. The normalized spacial score (nSPS) is 12.2. The van der Waals surface area contributed by atoms with E-state index in [1.54, 1.807) is 24.3 Å². The van der Waals surface area contributed by atoms with E-state index in [9.17, 15) is 21.6 Å². The molecule has 0 bridgehead atoms. The molecule has 0 unspecified atom stereocenters. The predicted octanol–water partition coefficient (Wildman–Crippen LogP) is 3.89. The second-order valence-electron chi connectivity index (χ2n) is 5.14. The second kappa shape index (κ2) is 7.63. The summed E-state index contributed by atoms with van der Waals surface area (Å²) in [5.41, 5.74) is -0.230. The van der Waals surface area contributed by atoms with Gasteiger partial charge in [-0.2, -0.15) is 13.2 Å². The summed E-state index contributed by atoms with van der Waals surface area (Å²) >= 11 is 5.76. The van der Waals surface area contributed by atoms with Gasteiger partial charge in [0.1, 0.15) is 10.6 Å². The number of alkyl halides is 3. The van der Waals surface area contributed by atoms with Crippen molar-refractivity contribution in [1.82, 2.24) is 4.72 Å². The number of nitrogens with one attached hydrogen (secondary N) is 1. The van der Waals surface area contributed by atoms with Gasteiger partial charge in [0.05, 0.1) is 17.7 Å². The van der Waals surface area contributed by atoms with Crippen molar-refractivity contribution in [3.05, 3.63) is 58.6 Å². The zero-order chi connectivity index (χ0) is 18.7. The number of ether oxygens (including phenoxy) is 1. The lowest BCUT2D eigenvalue weighted by Crippen LogP contribution is -2.26. The zero-order valence-electron chi connectivity index (χ0n) is 13.1. The van der Waals surface area contributed by atoms with Gasteiger partial charge < -0.3 is 4.74 Å². The van der Waals surface area contributed by atoms with Crippen LogP contribution in [0.25, 0.3) is 0 Å². The fourth-order valence-corrected chi connectivity index (χ4v) is 3.64. The maximum Gasteiger partial charge on any atom is 0.416 e. The summed E-state index contributed by atoms with van der Waals surface area (Å²) < 4.78 is 70.0. The first-order valence-corrected chi connectivity index (χ1v) is 8.99. The van der Waals surface area contributed by atoms with Crippen molar-refractivity contribution in [2.24, 2.45) is 0 Å². The van der Waals surface area contributed by atoms with Gasteiger partial charge >= 0.3 is 6.18 Å². The third kappa shape index (κ3) is 5.10. The maximum atomic E-state index is 12.8. The Morgan fingerprint density at radius 3 is 2.32 bits per heavy atom. The van der Waals surface area contributed by atoms with Gasteiger partial charge in [-0.1, -0.05) is 23.7 Å². The first-order chi connectivity index (χ1) is 11.6. The van der Waals surface area contributed by atoms with E-state index in [0.717, 1.165) is 17.7 Å². The van der Waals surface area contributed by atoms with Crippen LogP contribution in [0.4, 0.5) is 13.2 Å². The van der Waals surface area contributed by atoms with Crippen molar-refractivity contribution >= 4 is 21.6 Å². The number of halogens is 4. The molecule has 0 aliphatic rings. The van der Waals surface area contributed by atoms with Crippen LogP contribution < -0.4 is 9.46 Å². The number of hydrogen-bond acceptors (Lipinski definition) is 3. The van der Waals surface area contributed by atoms with E-state index in [1.165, 1.54) is 7.11 Å². The molecule has 4 nitrogen and oxygen atoms in total. The molecule has 0 saturated carbocycles. The van der Waals surface area contributed by atoms with Gasteiger partial charge in [0.15, 0.2) is 0 Å². The first kappa shape index (κ1) is 19.6. The molecule has 1 N–H and O–H groups in total. The van der Waals surface area contributed by atoms with Crippen LogP contribution in [0.2, 0.25) is 5.02 Å². The van der Waals surface area contributed by atoms with Crippen LogP contribution in [0.3, 0.4) is 0 Å². The summed E-state index contributed by atoms with van der Waals surface area (Å²) in [4.78, 5) is -0.598. The molecule has 0 saturated heterocycles. The van der Waals surface area contributed by atoms with Crippen LogP contribution in [-0.4, -0.2) is 22.1 Å². The number of hydrogen-bond donors (Lipinski definition) is 1. The molecule has 2 rings (SSSR count). The van der Waals surface area contributed by atoms with Crippen LogP contribution in [-0.2, 0) is 22.6 Å². The van der Waals surface area contributed by atoms with Gasteiger partial charge in [0, 0.05) is 6.54 Å². The van der Waals surface area contributed by atoms with Gasteiger partial charge in [-0.05, 0) is 42.3 Å². The predicted molar refractivity (Wildman–Crippen MR) is 88.3 cm³/mol. The van der Waals surface area contributed by atoms with E-state index in [-0.39, 0.29) is 11.6 Å². The lowest BCUT2D eigenvalue weighted by molar-refractivity contribution is -0.137. The minimum Gasteiger partial charge on any atom is -0.497 e. The minimum absolute atomic E-state index is 0.0151. The molecule has 2 aromatic rings. The van der Waals surface area contributed by atoms with E-state index < -0.39 is 26.7 Å². The average Bonchev–Trinajstić information content (AvgIpc) is 2.54. The fraction of sp³-hybridized carbons (Fsp3) is 0.250. The van der Waals surface area contributed by atoms with E-state index in [1.807, 2.05) is 0 Å². The third-order valence-corrected chi connectivity index (χ3v) is 5.36. The highest BCUT2D eigenvalue weighted by Crippen LogP contribution is 2.33. The van der Waals surface area contributed by atoms with Gasteiger partial charge in [-0.15, -0.1) is 0 Å². The minimum atomic E-state index is -4.65. The fourth-order valence-electron chi connectivity index (χ4n) is 2.09. The highest BCUT2D eigenvalue weighted by atomic mass is 35.5. The smallest absolute Gasteiger partial charge is 0.416 e. The number of methoxy groups -OCH3 is 1. The molecule has 0 atom stereocenters. The Balaban J connectivity index is 2.10. The number of benzene rings is 2. The zero-order valence-corrected chi connectivity index (χ0v) is 14.7. The molecular weight excluding hydrogens is 379 g/mol. The summed E-state index contributed by atoms with van der Waals surface area (Å²) in [5, 5.41) is -0.273. The Morgan fingerprint density at radius 1 is 1.12 bits per heavy atom. The standard InChI is InChI=1S/C16H15ClF3NO3S/c1-24-13-5-2-11(3-6-13)8-9-21-25(22,23)15-10-12(16(18,19)20)4-7-14(15)17/h2-7,10,21H,8-9H2,1H3. The summed E-state index contributed by atoms with van der Waals surface area (Å²) in [6, 6.07) is 9.18. The molecule has 0 aliphatic carbocycles. The Bertz CT molecular complexity index is 837. The third-order valence-electron chi connectivity index (χ3n) is 3.41. The van der Waals surface area contributed by atoms with Gasteiger partial charge in [-0.3, -0.25) is 0 Å². The van der Waals surface area contributed by atoms with Crippen LogP contribution in [0.5, 0.6) is 5.75 Å². The average molecular weight is 394 g/mol. The van der Waals surface area contributed by atoms with Gasteiger partial charge in [0.25, 0.3) is 0 Å². The largest absolute Gasteiger partial charge is 0.497 e. The summed E-state index contributed by atoms with van der Waals surface area (Å²) in [6.07, 6.45) is -4.29. The van der Waals surface area contributed by atoms with Crippen molar-refractivity contribution in [3.63, 3.8) is 0 Å². The first-order valence-electron chi connectivity index (χ1n) is 7.13. The SMILES string of the molecule is COc1ccc(CCNS(=O)(=O)c2cc(C(F)(F)F)ccc2Cl)cc1. The highest BCUT2D eigenvalue weighted by molar-refractivity contribution is 7.89. The Morgan fingerprint density at radius 2 is 1.76 bits per heavy atom.